The Hall–Kier alpha value is -3.04. The van der Waals surface area contributed by atoms with Crippen LogP contribution in [0.5, 0.6) is 5.75 Å². The van der Waals surface area contributed by atoms with Crippen LogP contribution in [0.15, 0.2) is 54.7 Å². The lowest BCUT2D eigenvalue weighted by Crippen LogP contribution is -2.28. The molecule has 1 atom stereocenters. The van der Waals surface area contributed by atoms with Crippen molar-refractivity contribution in [1.29, 1.82) is 0 Å². The third kappa shape index (κ3) is 7.50. The highest BCUT2D eigenvalue weighted by atomic mass is 32.2. The first-order chi connectivity index (χ1) is 16.3. The molecular formula is C25H32N2O6S. The molecule has 1 aromatic heterocycles. The van der Waals surface area contributed by atoms with E-state index in [0.29, 0.717) is 25.4 Å². The van der Waals surface area contributed by atoms with Gasteiger partial charge in [0.05, 0.1) is 18.4 Å². The van der Waals surface area contributed by atoms with Gasteiger partial charge in [0.1, 0.15) is 5.75 Å². The first kappa shape index (κ1) is 25.6. The number of nitrogens with one attached hydrogen (secondary N) is 1. The van der Waals surface area contributed by atoms with Gasteiger partial charge in [-0.1, -0.05) is 12.1 Å². The molecule has 8 nitrogen and oxygen atoms in total. The summed E-state index contributed by atoms with van der Waals surface area (Å²) in [6.45, 7) is 5.96. The van der Waals surface area contributed by atoms with Crippen LogP contribution in [0.3, 0.4) is 0 Å². The standard InChI is InChI=1S/C25H32N2O6S/c1-4-31-24(25(28)32-5-2)17-19-7-10-21(11-8-19)26-14-6-15-27-16-13-20-9-12-22(18-23(20)27)33-34(3,29)30/h7-13,16,18,24,26H,4-6,14-15,17H2,1-3H3/t24-/m0/s1. The lowest BCUT2D eigenvalue weighted by Gasteiger charge is -2.16. The van der Waals surface area contributed by atoms with Crippen molar-refractivity contribution in [1.82, 2.24) is 4.57 Å². The van der Waals surface area contributed by atoms with E-state index >= 15 is 0 Å². The molecule has 0 amide bonds. The Balaban J connectivity index is 1.51. The second-order valence-corrected chi connectivity index (χ2v) is 9.47. The van der Waals surface area contributed by atoms with Gasteiger partial charge in [-0.15, -0.1) is 0 Å². The van der Waals surface area contributed by atoms with Gasteiger partial charge in [-0.3, -0.25) is 0 Å². The topological polar surface area (TPSA) is 95.9 Å². The Morgan fingerprint density at radius 2 is 1.82 bits per heavy atom. The summed E-state index contributed by atoms with van der Waals surface area (Å²) in [5.41, 5.74) is 2.92. The van der Waals surface area contributed by atoms with Crippen molar-refractivity contribution in [3.05, 3.63) is 60.3 Å². The predicted molar refractivity (Wildman–Crippen MR) is 133 cm³/mol. The molecule has 2 aromatic carbocycles. The molecule has 9 heteroatoms. The lowest BCUT2D eigenvalue weighted by molar-refractivity contribution is -0.156. The monoisotopic (exact) mass is 488 g/mol. The lowest BCUT2D eigenvalue weighted by atomic mass is 10.1. The number of hydrogen-bond donors (Lipinski definition) is 1. The smallest absolute Gasteiger partial charge is 0.335 e. The highest BCUT2D eigenvalue weighted by Crippen LogP contribution is 2.23. The number of carbonyl (C=O) groups excluding carboxylic acids is 1. The normalized spacial score (nSPS) is 12.4. The van der Waals surface area contributed by atoms with Crippen LogP contribution < -0.4 is 9.50 Å². The van der Waals surface area contributed by atoms with Crippen molar-refractivity contribution < 1.29 is 26.9 Å². The van der Waals surface area contributed by atoms with Crippen LogP contribution in [0.1, 0.15) is 25.8 Å². The number of benzene rings is 2. The maximum atomic E-state index is 12.0. The van der Waals surface area contributed by atoms with Crippen LogP contribution in [0.2, 0.25) is 0 Å². The van der Waals surface area contributed by atoms with E-state index in [2.05, 4.69) is 9.88 Å². The molecule has 0 bridgehead atoms. The molecule has 34 heavy (non-hydrogen) atoms. The quantitative estimate of drug-likeness (QED) is 0.221. The number of carbonyl (C=O) groups is 1. The minimum Gasteiger partial charge on any atom is -0.464 e. The van der Waals surface area contributed by atoms with E-state index in [1.165, 1.54) is 0 Å². The van der Waals surface area contributed by atoms with E-state index in [4.69, 9.17) is 13.7 Å². The predicted octanol–water partition coefficient (Wildman–Crippen LogP) is 3.99. The molecule has 0 spiro atoms. The van der Waals surface area contributed by atoms with Gasteiger partial charge >= 0.3 is 16.1 Å². The van der Waals surface area contributed by atoms with E-state index < -0.39 is 16.2 Å². The Labute approximate surface area is 200 Å². The zero-order valence-corrected chi connectivity index (χ0v) is 20.6. The molecule has 0 aliphatic carbocycles. The van der Waals surface area contributed by atoms with Gasteiger partial charge < -0.3 is 23.5 Å². The number of aromatic nitrogens is 1. The van der Waals surface area contributed by atoms with E-state index in [0.717, 1.165) is 47.9 Å². The molecule has 3 rings (SSSR count). The summed E-state index contributed by atoms with van der Waals surface area (Å²) in [7, 11) is -3.56. The molecule has 0 unspecified atom stereocenters. The zero-order chi connectivity index (χ0) is 24.6. The molecule has 1 N–H and O–H groups in total. The summed E-state index contributed by atoms with van der Waals surface area (Å²) in [6.07, 6.45) is 3.77. The van der Waals surface area contributed by atoms with Crippen molar-refractivity contribution >= 4 is 32.7 Å². The van der Waals surface area contributed by atoms with Crippen molar-refractivity contribution in [2.24, 2.45) is 0 Å². The molecule has 0 aliphatic heterocycles. The Morgan fingerprint density at radius 3 is 2.50 bits per heavy atom. The average Bonchev–Trinajstić information content (AvgIpc) is 3.18. The summed E-state index contributed by atoms with van der Waals surface area (Å²) in [6, 6.07) is 15.2. The van der Waals surface area contributed by atoms with Crippen molar-refractivity contribution in [3.8, 4) is 5.75 Å². The molecule has 1 heterocycles. The van der Waals surface area contributed by atoms with Crippen LogP contribution in [0.25, 0.3) is 10.9 Å². The molecule has 0 aliphatic rings. The summed E-state index contributed by atoms with van der Waals surface area (Å²) in [4.78, 5) is 12.0. The number of hydrogen-bond acceptors (Lipinski definition) is 7. The van der Waals surface area contributed by atoms with Crippen LogP contribution in [-0.2, 0) is 37.4 Å². The average molecular weight is 489 g/mol. The maximum Gasteiger partial charge on any atom is 0.335 e. The third-order valence-corrected chi connectivity index (χ3v) is 5.69. The van der Waals surface area contributed by atoms with Gasteiger partial charge in [0.2, 0.25) is 0 Å². The molecule has 3 aromatic rings. The molecular weight excluding hydrogens is 456 g/mol. The minimum atomic E-state index is -3.56. The first-order valence-electron chi connectivity index (χ1n) is 11.4. The minimum absolute atomic E-state index is 0.308. The van der Waals surface area contributed by atoms with Crippen molar-refractivity contribution in [2.75, 3.05) is 31.3 Å². The van der Waals surface area contributed by atoms with Gasteiger partial charge in [0, 0.05) is 44.1 Å². The fourth-order valence-corrected chi connectivity index (χ4v) is 4.14. The van der Waals surface area contributed by atoms with E-state index in [1.807, 2.05) is 49.5 Å². The molecule has 184 valence electrons. The number of anilines is 1. The highest BCUT2D eigenvalue weighted by molar-refractivity contribution is 7.86. The molecule has 0 fully saturated rings. The van der Waals surface area contributed by atoms with Gasteiger partial charge in [0.25, 0.3) is 0 Å². The Kier molecular flexibility index (Phi) is 8.95. The molecule has 0 radical (unpaired) electrons. The van der Waals surface area contributed by atoms with Gasteiger partial charge in [-0.25, -0.2) is 4.79 Å². The number of ether oxygens (including phenoxy) is 2. The van der Waals surface area contributed by atoms with Crippen LogP contribution in [0.4, 0.5) is 5.69 Å². The van der Waals surface area contributed by atoms with Crippen LogP contribution >= 0.6 is 0 Å². The summed E-state index contributed by atoms with van der Waals surface area (Å²) in [5, 5.41) is 4.43. The fourth-order valence-electron chi connectivity index (χ4n) is 3.69. The van der Waals surface area contributed by atoms with Gasteiger partial charge in [0.15, 0.2) is 6.10 Å². The second kappa shape index (κ2) is 11.9. The fraction of sp³-hybridized carbons (Fsp3) is 0.400. The third-order valence-electron chi connectivity index (χ3n) is 5.19. The van der Waals surface area contributed by atoms with E-state index in [1.54, 1.807) is 19.1 Å². The van der Waals surface area contributed by atoms with Gasteiger partial charge in [-0.2, -0.15) is 8.42 Å². The second-order valence-electron chi connectivity index (χ2n) is 7.89. The van der Waals surface area contributed by atoms with E-state index in [-0.39, 0.29) is 5.97 Å². The molecule has 0 saturated carbocycles. The number of aryl methyl sites for hydroxylation is 1. The summed E-state index contributed by atoms with van der Waals surface area (Å²) < 4.78 is 40.5. The van der Waals surface area contributed by atoms with Crippen molar-refractivity contribution in [3.63, 3.8) is 0 Å². The van der Waals surface area contributed by atoms with Crippen LogP contribution in [-0.4, -0.2) is 51.1 Å². The largest absolute Gasteiger partial charge is 0.464 e. The Bertz CT molecular complexity index is 1190. The van der Waals surface area contributed by atoms with Gasteiger partial charge in [-0.05, 0) is 61.5 Å². The van der Waals surface area contributed by atoms with Crippen LogP contribution in [0, 0.1) is 0 Å². The SMILES string of the molecule is CCOC(=O)[C@H](Cc1ccc(NCCCn2ccc3ccc(OS(C)(=O)=O)cc32)cc1)OCC. The summed E-state index contributed by atoms with van der Waals surface area (Å²) >= 11 is 0. The first-order valence-corrected chi connectivity index (χ1v) is 13.2. The summed E-state index contributed by atoms with van der Waals surface area (Å²) in [5.74, 6) is -0.0261. The Morgan fingerprint density at radius 1 is 1.06 bits per heavy atom. The molecule has 0 saturated heterocycles. The van der Waals surface area contributed by atoms with E-state index in [9.17, 15) is 13.2 Å². The number of esters is 1. The highest BCUT2D eigenvalue weighted by Gasteiger charge is 2.20. The number of fused-ring (bicyclic) bond motifs is 1. The maximum absolute atomic E-state index is 12.0. The number of rotatable bonds is 13. The van der Waals surface area contributed by atoms with Crippen molar-refractivity contribution in [2.45, 2.75) is 39.3 Å². The number of nitrogens with zero attached hydrogens (tertiary/aromatic N) is 1. The zero-order valence-electron chi connectivity index (χ0n) is 19.8.